The first-order valence-corrected chi connectivity index (χ1v) is 21.1. The number of hydrogen-bond donors (Lipinski definition) is 2. The summed E-state index contributed by atoms with van der Waals surface area (Å²) in [6, 6.07) is 7.85. The van der Waals surface area contributed by atoms with Crippen LogP contribution in [0.2, 0.25) is 0 Å². The topological polar surface area (TPSA) is 166 Å². The molecule has 2 amide bonds. The molecule has 0 radical (unpaired) electrons. The molecule has 9 unspecified atom stereocenters. The van der Waals surface area contributed by atoms with Gasteiger partial charge in [-0.1, -0.05) is 38.0 Å². The van der Waals surface area contributed by atoms with Gasteiger partial charge in [-0.15, -0.1) is 0 Å². The van der Waals surface area contributed by atoms with Crippen LogP contribution in [0.15, 0.2) is 30.3 Å². The number of hydrogen-bond acceptors (Lipinski definition) is 12. The first-order valence-electron chi connectivity index (χ1n) is 21.1. The van der Waals surface area contributed by atoms with Gasteiger partial charge in [0.15, 0.2) is 0 Å². The highest BCUT2D eigenvalue weighted by Crippen LogP contribution is 2.30. The Morgan fingerprint density at radius 1 is 0.741 bits per heavy atom. The third kappa shape index (κ3) is 18.1. The van der Waals surface area contributed by atoms with Crippen LogP contribution in [0, 0.1) is 17.8 Å². The van der Waals surface area contributed by atoms with Crippen molar-refractivity contribution in [3.8, 4) is 5.75 Å². The minimum atomic E-state index is -0.830. The molecular weight excluding hydrogens is 748 g/mol. The van der Waals surface area contributed by atoms with Crippen molar-refractivity contribution < 1.29 is 57.1 Å². The lowest BCUT2D eigenvalue weighted by Crippen LogP contribution is -2.46. The van der Waals surface area contributed by atoms with Crippen LogP contribution in [0.3, 0.4) is 0 Å². The molecule has 58 heavy (non-hydrogen) atoms. The fraction of sp³-hybridized carbons (Fsp3) is 0.773. The fourth-order valence-corrected chi connectivity index (χ4v) is 7.31. The van der Waals surface area contributed by atoms with Gasteiger partial charge in [0, 0.05) is 39.5 Å². The Labute approximate surface area is 346 Å². The minimum Gasteiger partial charge on any atom is -0.486 e. The van der Waals surface area contributed by atoms with Gasteiger partial charge in [0.2, 0.25) is 0 Å². The number of amides is 2. The fourth-order valence-electron chi connectivity index (χ4n) is 7.31. The summed E-state index contributed by atoms with van der Waals surface area (Å²) in [5, 5.41) is 5.40. The molecular formula is C44H72N2O12. The predicted octanol–water partition coefficient (Wildman–Crippen LogP) is 7.54. The van der Waals surface area contributed by atoms with Gasteiger partial charge in [-0.3, -0.25) is 0 Å². The van der Waals surface area contributed by atoms with Crippen molar-refractivity contribution in [3.63, 3.8) is 0 Å². The number of para-hydroxylation sites is 1. The largest absolute Gasteiger partial charge is 0.486 e. The third-order valence-corrected chi connectivity index (χ3v) is 10.2. The summed E-state index contributed by atoms with van der Waals surface area (Å²) in [7, 11) is 1.67. The number of cyclic esters (lactones) is 2. The highest BCUT2D eigenvalue weighted by atomic mass is 16.6. The molecule has 1 aromatic rings. The zero-order valence-electron chi connectivity index (χ0n) is 36.7. The van der Waals surface area contributed by atoms with E-state index in [2.05, 4.69) is 17.6 Å². The minimum absolute atomic E-state index is 0.0135. The van der Waals surface area contributed by atoms with E-state index in [0.29, 0.717) is 64.3 Å². The Balaban J connectivity index is 1.57. The number of alkyl carbamates (subject to hydrolysis) is 2. The van der Waals surface area contributed by atoms with E-state index in [-0.39, 0.29) is 23.9 Å². The maximum absolute atomic E-state index is 13.3. The molecule has 2 heterocycles. The number of esters is 2. The number of methoxy groups -OCH3 is 1. The maximum Gasteiger partial charge on any atom is 0.408 e. The average molecular weight is 821 g/mol. The number of carbonyl (C=O) groups is 4. The lowest BCUT2D eigenvalue weighted by atomic mass is 9.89. The van der Waals surface area contributed by atoms with Gasteiger partial charge in [0.05, 0.1) is 6.10 Å². The normalized spacial score (nSPS) is 26.8. The number of ether oxygens (including phenoxy) is 8. The maximum atomic E-state index is 13.3. The van der Waals surface area contributed by atoms with Crippen LogP contribution >= 0.6 is 0 Å². The summed E-state index contributed by atoms with van der Waals surface area (Å²) < 4.78 is 47.2. The van der Waals surface area contributed by atoms with E-state index in [1.165, 1.54) is 0 Å². The summed E-state index contributed by atoms with van der Waals surface area (Å²) >= 11 is 0. The molecule has 330 valence electrons. The zero-order valence-corrected chi connectivity index (χ0v) is 36.7. The standard InChI is InChI=1S/C44H72N2O12/c1-29(28-53-37-30(2)54-39(47)35(45-41(49)57-43(4,5)6)20-14-16-32(37)23-25-51-10)22-26-52-27-24-33-17-15-21-36(46-42(50)58-44(7,8)9)40(48)55-31(3)38(33)56-34-18-12-11-13-19-34/h11-13,18-19,29-33,35-38H,14-17,20-28H2,1-10H3,(H,45,49)(H,46,50). The molecule has 9 atom stereocenters. The second-order valence-electron chi connectivity index (χ2n) is 17.8. The molecule has 14 nitrogen and oxygen atoms in total. The number of carbonyl (C=O) groups excluding carboxylic acids is 4. The number of nitrogens with one attached hydrogen (secondary N) is 2. The Hall–Kier alpha value is -3.62. The molecule has 2 fully saturated rings. The van der Waals surface area contributed by atoms with Crippen LogP contribution in [0.4, 0.5) is 9.59 Å². The first kappa shape index (κ1) is 48.7. The molecule has 0 bridgehead atoms. The zero-order chi connectivity index (χ0) is 42.9. The molecule has 1 aromatic carbocycles. The second kappa shape index (κ2) is 23.8. The Bertz CT molecular complexity index is 1400. The van der Waals surface area contributed by atoms with Crippen molar-refractivity contribution in [1.82, 2.24) is 10.6 Å². The van der Waals surface area contributed by atoms with Gasteiger partial charge in [0.25, 0.3) is 0 Å². The summed E-state index contributed by atoms with van der Waals surface area (Å²) in [6.07, 6.45) is 2.72. The molecule has 3 rings (SSSR count). The summed E-state index contributed by atoms with van der Waals surface area (Å²) in [5.41, 5.74) is -1.39. The van der Waals surface area contributed by atoms with Gasteiger partial charge in [0.1, 0.15) is 47.3 Å². The SMILES string of the molecule is COCCC1CCCC(NC(=O)OC(C)(C)C)C(=O)OC(C)C1OCC(C)CCOCCC1CCCC(NC(=O)OC(C)(C)C)C(=O)OC(C)C1Oc1ccccc1. The smallest absolute Gasteiger partial charge is 0.408 e. The molecule has 14 heteroatoms. The van der Waals surface area contributed by atoms with Gasteiger partial charge in [-0.25, -0.2) is 19.2 Å². The first-order chi connectivity index (χ1) is 27.3. The molecule has 0 aliphatic carbocycles. The monoisotopic (exact) mass is 821 g/mol. The Morgan fingerprint density at radius 3 is 1.76 bits per heavy atom. The number of rotatable bonds is 16. The van der Waals surface area contributed by atoms with E-state index >= 15 is 0 Å². The highest BCUT2D eigenvalue weighted by molar-refractivity contribution is 5.82. The molecule has 2 saturated heterocycles. The lowest BCUT2D eigenvalue weighted by Gasteiger charge is -2.32. The van der Waals surface area contributed by atoms with Crippen LogP contribution in [0.25, 0.3) is 0 Å². The van der Waals surface area contributed by atoms with Crippen molar-refractivity contribution in [3.05, 3.63) is 30.3 Å². The van der Waals surface area contributed by atoms with E-state index < -0.39 is 65.7 Å². The van der Waals surface area contributed by atoms with Crippen LogP contribution in [-0.2, 0) is 42.7 Å². The van der Waals surface area contributed by atoms with Gasteiger partial charge in [-0.05, 0) is 124 Å². The molecule has 2 N–H and O–H groups in total. The van der Waals surface area contributed by atoms with Crippen LogP contribution < -0.4 is 15.4 Å². The molecule has 0 aromatic heterocycles. The average Bonchev–Trinajstić information content (AvgIpc) is 3.20. The Kier molecular flexibility index (Phi) is 20.0. The van der Waals surface area contributed by atoms with E-state index in [9.17, 15) is 19.2 Å². The van der Waals surface area contributed by atoms with Crippen LogP contribution in [0.1, 0.15) is 120 Å². The molecule has 0 spiro atoms. The van der Waals surface area contributed by atoms with Gasteiger partial charge in [-0.2, -0.15) is 0 Å². The van der Waals surface area contributed by atoms with E-state index in [1.807, 2.05) is 44.2 Å². The Morgan fingerprint density at radius 2 is 1.24 bits per heavy atom. The van der Waals surface area contributed by atoms with Gasteiger partial charge < -0.3 is 48.5 Å². The molecule has 2 aliphatic rings. The summed E-state index contributed by atoms with van der Waals surface area (Å²) in [5.74, 6) is -0.0613. The second-order valence-corrected chi connectivity index (χ2v) is 17.8. The van der Waals surface area contributed by atoms with Crippen molar-refractivity contribution >= 4 is 24.1 Å². The lowest BCUT2D eigenvalue weighted by molar-refractivity contribution is -0.162. The van der Waals surface area contributed by atoms with E-state index in [1.54, 1.807) is 48.7 Å². The quantitative estimate of drug-likeness (QED) is 0.0958. The highest BCUT2D eigenvalue weighted by Gasteiger charge is 2.37. The molecule has 2 aliphatic heterocycles. The van der Waals surface area contributed by atoms with Crippen molar-refractivity contribution in [2.24, 2.45) is 17.8 Å². The predicted molar refractivity (Wildman–Crippen MR) is 218 cm³/mol. The van der Waals surface area contributed by atoms with Crippen molar-refractivity contribution in [1.29, 1.82) is 0 Å². The molecule has 0 saturated carbocycles. The summed E-state index contributed by atoms with van der Waals surface area (Å²) in [6.45, 7) is 18.4. The van der Waals surface area contributed by atoms with Crippen molar-refractivity contribution in [2.45, 2.75) is 168 Å². The third-order valence-electron chi connectivity index (χ3n) is 10.2. The van der Waals surface area contributed by atoms with E-state index in [0.717, 1.165) is 25.7 Å². The van der Waals surface area contributed by atoms with Crippen molar-refractivity contribution in [2.75, 3.05) is 33.5 Å². The summed E-state index contributed by atoms with van der Waals surface area (Å²) in [4.78, 5) is 51.5. The van der Waals surface area contributed by atoms with Crippen LogP contribution in [0.5, 0.6) is 5.75 Å². The van der Waals surface area contributed by atoms with Gasteiger partial charge >= 0.3 is 24.1 Å². The number of benzene rings is 1. The van der Waals surface area contributed by atoms with Crippen LogP contribution in [-0.4, -0.2) is 105 Å². The van der Waals surface area contributed by atoms with E-state index in [4.69, 9.17) is 37.9 Å².